The molecule has 1 aromatic rings. The Hall–Kier alpha value is -2.08. The topological polar surface area (TPSA) is 72.9 Å². The number of nitrogens with one attached hydrogen (secondary N) is 1. The number of amides is 3. The Labute approximate surface area is 173 Å². The molecule has 1 aromatic carbocycles. The number of nitrogens with zero attached hydrogens (tertiary/aromatic N) is 2. The van der Waals surface area contributed by atoms with Crippen molar-refractivity contribution < 1.29 is 14.7 Å². The van der Waals surface area contributed by atoms with Crippen molar-refractivity contribution in [2.24, 2.45) is 5.92 Å². The molecule has 4 rings (SSSR count). The lowest BCUT2D eigenvalue weighted by Gasteiger charge is -2.70. The van der Waals surface area contributed by atoms with Gasteiger partial charge in [0.2, 0.25) is 5.91 Å². The summed E-state index contributed by atoms with van der Waals surface area (Å²) < 4.78 is 0. The van der Waals surface area contributed by atoms with E-state index in [-0.39, 0.29) is 36.4 Å². The van der Waals surface area contributed by atoms with E-state index in [1.807, 2.05) is 34.9 Å². The van der Waals surface area contributed by atoms with E-state index >= 15 is 0 Å². The molecule has 6 nitrogen and oxygen atoms in total. The molecule has 29 heavy (non-hydrogen) atoms. The number of carbonyl (C=O) groups excluding carboxylic acids is 2. The summed E-state index contributed by atoms with van der Waals surface area (Å²) in [5.41, 5.74) is 0.729. The minimum Gasteiger partial charge on any atom is -0.394 e. The van der Waals surface area contributed by atoms with Gasteiger partial charge < -0.3 is 20.2 Å². The van der Waals surface area contributed by atoms with E-state index in [0.29, 0.717) is 19.6 Å². The molecule has 2 N–H and O–H groups in total. The maximum absolute atomic E-state index is 13.0. The van der Waals surface area contributed by atoms with Crippen molar-refractivity contribution in [1.29, 1.82) is 0 Å². The first-order valence-corrected chi connectivity index (χ1v) is 11.1. The second kappa shape index (κ2) is 8.34. The fraction of sp³-hybridized carbons (Fsp3) is 0.652. The Balaban J connectivity index is 1.55. The number of hydrogen-bond acceptors (Lipinski definition) is 3. The molecule has 2 saturated heterocycles. The van der Waals surface area contributed by atoms with Crippen LogP contribution in [-0.2, 0) is 4.79 Å². The fourth-order valence-electron chi connectivity index (χ4n) is 5.68. The van der Waals surface area contributed by atoms with Crippen molar-refractivity contribution in [1.82, 2.24) is 15.1 Å². The summed E-state index contributed by atoms with van der Waals surface area (Å²) >= 11 is 0. The predicted octanol–water partition coefficient (Wildman–Crippen LogP) is 2.73. The molecule has 2 heterocycles. The smallest absolute Gasteiger partial charge is 0.318 e. The first-order valence-electron chi connectivity index (χ1n) is 11.1. The lowest BCUT2D eigenvalue weighted by Crippen LogP contribution is -2.86. The maximum Gasteiger partial charge on any atom is 0.318 e. The van der Waals surface area contributed by atoms with Crippen LogP contribution in [0.3, 0.4) is 0 Å². The molecule has 0 unspecified atom stereocenters. The minimum absolute atomic E-state index is 0.0523. The van der Waals surface area contributed by atoms with Crippen LogP contribution < -0.4 is 5.32 Å². The molecule has 1 spiro atoms. The summed E-state index contributed by atoms with van der Waals surface area (Å²) in [4.78, 5) is 29.7. The molecule has 0 bridgehead atoms. The molecule has 1 saturated carbocycles. The van der Waals surface area contributed by atoms with Gasteiger partial charge in [-0.1, -0.05) is 56.5 Å². The summed E-state index contributed by atoms with van der Waals surface area (Å²) in [5, 5.41) is 13.1. The van der Waals surface area contributed by atoms with Crippen LogP contribution in [0.1, 0.15) is 56.9 Å². The van der Waals surface area contributed by atoms with Crippen LogP contribution in [0.15, 0.2) is 30.3 Å². The second-order valence-corrected chi connectivity index (χ2v) is 8.87. The summed E-state index contributed by atoms with van der Waals surface area (Å²) in [5.74, 6) is 0.451. The third kappa shape index (κ3) is 3.41. The van der Waals surface area contributed by atoms with Gasteiger partial charge in [-0.05, 0) is 24.8 Å². The lowest BCUT2D eigenvalue weighted by molar-refractivity contribution is -0.180. The van der Waals surface area contributed by atoms with Crippen molar-refractivity contribution in [3.8, 4) is 0 Å². The number of carbonyl (C=O) groups is 2. The Bertz CT molecular complexity index is 726. The van der Waals surface area contributed by atoms with Crippen molar-refractivity contribution >= 4 is 11.9 Å². The molecule has 0 aromatic heterocycles. The summed E-state index contributed by atoms with van der Waals surface area (Å²) in [7, 11) is 0. The molecule has 1 aliphatic carbocycles. The molecular formula is C23H33N3O3. The van der Waals surface area contributed by atoms with Crippen LogP contribution in [-0.4, -0.2) is 64.7 Å². The van der Waals surface area contributed by atoms with Gasteiger partial charge in [0.15, 0.2) is 0 Å². The Kier molecular flexibility index (Phi) is 5.81. The average molecular weight is 400 g/mol. The van der Waals surface area contributed by atoms with Crippen molar-refractivity contribution in [2.45, 2.75) is 62.9 Å². The predicted molar refractivity (Wildman–Crippen MR) is 111 cm³/mol. The van der Waals surface area contributed by atoms with Crippen molar-refractivity contribution in [2.75, 3.05) is 26.2 Å². The number of aliphatic hydroxyl groups excluding tert-OH is 1. The third-order valence-corrected chi connectivity index (χ3v) is 7.06. The van der Waals surface area contributed by atoms with Gasteiger partial charge in [-0.3, -0.25) is 4.79 Å². The molecule has 3 aliphatic rings. The molecule has 0 radical (unpaired) electrons. The fourth-order valence-corrected chi connectivity index (χ4v) is 5.68. The van der Waals surface area contributed by atoms with Gasteiger partial charge in [0, 0.05) is 31.5 Å². The van der Waals surface area contributed by atoms with Gasteiger partial charge in [-0.25, -0.2) is 4.79 Å². The number of rotatable bonds is 5. The second-order valence-electron chi connectivity index (χ2n) is 8.87. The normalized spacial score (nSPS) is 26.0. The van der Waals surface area contributed by atoms with E-state index in [0.717, 1.165) is 37.7 Å². The van der Waals surface area contributed by atoms with E-state index in [1.54, 1.807) is 0 Å². The zero-order chi connectivity index (χ0) is 20.4. The molecule has 2 atom stereocenters. The van der Waals surface area contributed by atoms with E-state index in [1.165, 1.54) is 6.42 Å². The van der Waals surface area contributed by atoms with Crippen LogP contribution in [0.2, 0.25) is 0 Å². The van der Waals surface area contributed by atoms with Gasteiger partial charge in [0.05, 0.1) is 18.2 Å². The number of likely N-dealkylation sites (tertiary alicyclic amines) is 2. The van der Waals surface area contributed by atoms with E-state index in [9.17, 15) is 14.7 Å². The van der Waals surface area contributed by atoms with Gasteiger partial charge >= 0.3 is 6.03 Å². The average Bonchev–Trinajstić information content (AvgIpc) is 2.72. The van der Waals surface area contributed by atoms with Crippen LogP contribution >= 0.6 is 0 Å². The first-order chi connectivity index (χ1) is 14.1. The highest BCUT2D eigenvalue weighted by molar-refractivity contribution is 5.83. The third-order valence-electron chi connectivity index (χ3n) is 7.06. The van der Waals surface area contributed by atoms with Gasteiger partial charge in [0.1, 0.15) is 0 Å². The van der Waals surface area contributed by atoms with Crippen LogP contribution in [0.25, 0.3) is 0 Å². The molecule has 3 amide bonds. The number of aliphatic hydroxyl groups is 1. The van der Waals surface area contributed by atoms with E-state index in [4.69, 9.17) is 0 Å². The Morgan fingerprint density at radius 3 is 2.45 bits per heavy atom. The highest BCUT2D eigenvalue weighted by atomic mass is 16.3. The van der Waals surface area contributed by atoms with Gasteiger partial charge in [0.25, 0.3) is 0 Å². The SMILES string of the molecule is CCCNC(=O)N1[C@H](CO)[C@H](c2ccccc2)C12CN(C(=O)C1CCCCC1)C2. The number of benzene rings is 1. The molecule has 158 valence electrons. The first kappa shape index (κ1) is 20.2. The maximum atomic E-state index is 13.0. The highest BCUT2D eigenvalue weighted by Crippen LogP contribution is 2.54. The molecule has 2 aliphatic heterocycles. The molecule has 3 fully saturated rings. The summed E-state index contributed by atoms with van der Waals surface area (Å²) in [6.07, 6.45) is 6.35. The van der Waals surface area contributed by atoms with Crippen LogP contribution in [0.5, 0.6) is 0 Å². The monoisotopic (exact) mass is 399 g/mol. The molecule has 6 heteroatoms. The Morgan fingerprint density at radius 2 is 1.83 bits per heavy atom. The quantitative estimate of drug-likeness (QED) is 0.800. The lowest BCUT2D eigenvalue weighted by atomic mass is 9.60. The largest absolute Gasteiger partial charge is 0.394 e. The highest BCUT2D eigenvalue weighted by Gasteiger charge is 2.68. The zero-order valence-electron chi connectivity index (χ0n) is 17.3. The molecular weight excluding hydrogens is 366 g/mol. The number of hydrogen-bond donors (Lipinski definition) is 2. The van der Waals surface area contributed by atoms with E-state index < -0.39 is 5.54 Å². The van der Waals surface area contributed by atoms with E-state index in [2.05, 4.69) is 17.4 Å². The standard InChI is InChI=1S/C23H33N3O3/c1-2-13-24-22(29)26-19(14-27)20(17-9-5-3-6-10-17)23(26)15-25(16-23)21(28)18-11-7-4-8-12-18/h3,5-6,9-10,18-20,27H,2,4,7-8,11-16H2,1H3,(H,24,29)/t19-,20+/m1/s1. The van der Waals surface area contributed by atoms with Crippen molar-refractivity contribution in [3.63, 3.8) is 0 Å². The Morgan fingerprint density at radius 1 is 1.14 bits per heavy atom. The zero-order valence-corrected chi connectivity index (χ0v) is 17.3. The van der Waals surface area contributed by atoms with Gasteiger partial charge in [-0.15, -0.1) is 0 Å². The summed E-state index contributed by atoms with van der Waals surface area (Å²) in [6.45, 7) is 3.70. The summed E-state index contributed by atoms with van der Waals surface area (Å²) in [6, 6.07) is 9.75. The van der Waals surface area contributed by atoms with Crippen LogP contribution in [0, 0.1) is 5.92 Å². The number of urea groups is 1. The van der Waals surface area contributed by atoms with Gasteiger partial charge in [-0.2, -0.15) is 0 Å². The minimum atomic E-state index is -0.406. The van der Waals surface area contributed by atoms with Crippen LogP contribution in [0.4, 0.5) is 4.79 Å². The van der Waals surface area contributed by atoms with Crippen molar-refractivity contribution in [3.05, 3.63) is 35.9 Å².